The van der Waals surface area contributed by atoms with Crippen molar-refractivity contribution in [3.05, 3.63) is 0 Å². The van der Waals surface area contributed by atoms with E-state index in [-0.39, 0.29) is 42.6 Å². The number of unbranched alkanes of at least 4 members (excludes halogenated alkanes) is 1. The van der Waals surface area contributed by atoms with Crippen LogP contribution in [0.1, 0.15) is 38.5 Å². The number of nitrogens with zero attached hydrogens (tertiary/aromatic N) is 2. The fourth-order valence-corrected chi connectivity index (χ4v) is 4.78. The smallest absolute Gasteiger partial charge is 0.350 e. The van der Waals surface area contributed by atoms with Crippen molar-refractivity contribution in [3.8, 4) is 0 Å². The van der Waals surface area contributed by atoms with Crippen LogP contribution in [0, 0.1) is 0 Å². The lowest BCUT2D eigenvalue weighted by Crippen LogP contribution is -2.47. The number of imide groups is 1. The molecule has 3 atom stereocenters. The van der Waals surface area contributed by atoms with E-state index in [9.17, 15) is 32.3 Å². The molecule has 29 heavy (non-hydrogen) atoms. The van der Waals surface area contributed by atoms with Crippen molar-refractivity contribution in [2.75, 3.05) is 5.75 Å². The van der Waals surface area contributed by atoms with Crippen LogP contribution in [0.4, 0.5) is 13.2 Å². The summed E-state index contributed by atoms with van der Waals surface area (Å²) in [5.74, 6) is -3.32. The van der Waals surface area contributed by atoms with Gasteiger partial charge in [-0.15, -0.1) is 5.06 Å². The number of nitrogens with one attached hydrogen (secondary N) is 2. The molecule has 0 aromatic carbocycles. The highest BCUT2D eigenvalue weighted by Crippen LogP contribution is 2.35. The number of alkyl halides is 3. The molecule has 3 heterocycles. The van der Waals surface area contributed by atoms with Crippen LogP contribution in [-0.2, 0) is 24.0 Å². The molecular weight excluding hydrogens is 417 g/mol. The molecule has 2 N–H and O–H groups in total. The first-order valence-electron chi connectivity index (χ1n) is 9.06. The Hall–Kier alpha value is -2.31. The molecular formula is C16H19F3N4O5S. The average molecular weight is 436 g/mol. The number of thioether (sulfide) groups is 1. The summed E-state index contributed by atoms with van der Waals surface area (Å²) in [6.07, 6.45) is -3.09. The Bertz CT molecular complexity index is 729. The van der Waals surface area contributed by atoms with Crippen LogP contribution in [0.25, 0.3) is 0 Å². The van der Waals surface area contributed by atoms with Gasteiger partial charge in [0.15, 0.2) is 5.96 Å². The Morgan fingerprint density at radius 1 is 1.24 bits per heavy atom. The number of rotatable bonds is 6. The summed E-state index contributed by atoms with van der Waals surface area (Å²) in [5.41, 5.74) is 0. The lowest BCUT2D eigenvalue weighted by molar-refractivity contribution is -0.197. The standard InChI is InChI=1S/C16H19F3N4O5S/c17-16(18,19)14(27)22-15-20-8-7-29-9(13(8)21-15)3-1-2-4-12(26)28-23-10(24)5-6-11(23)25/h8-9,13H,1-7H2,(H2,20,21,22,27). The number of hydroxylamine groups is 2. The maximum absolute atomic E-state index is 12.3. The Morgan fingerprint density at radius 2 is 1.93 bits per heavy atom. The van der Waals surface area contributed by atoms with E-state index in [1.165, 1.54) is 0 Å². The Kier molecular flexibility index (Phi) is 6.34. The summed E-state index contributed by atoms with van der Waals surface area (Å²) >= 11 is 1.63. The van der Waals surface area contributed by atoms with Crippen LogP contribution < -0.4 is 10.6 Å². The molecule has 9 nitrogen and oxygen atoms in total. The Labute approximate surface area is 167 Å². The highest BCUT2D eigenvalue weighted by Gasteiger charge is 2.44. The van der Waals surface area contributed by atoms with Crippen molar-refractivity contribution in [2.24, 2.45) is 4.99 Å². The zero-order valence-electron chi connectivity index (χ0n) is 15.2. The molecule has 3 rings (SSSR count). The Morgan fingerprint density at radius 3 is 2.59 bits per heavy atom. The monoisotopic (exact) mass is 436 g/mol. The highest BCUT2D eigenvalue weighted by molar-refractivity contribution is 8.00. The number of halogens is 3. The number of amides is 3. The molecule has 0 aromatic rings. The van der Waals surface area contributed by atoms with E-state index in [1.807, 2.05) is 0 Å². The van der Waals surface area contributed by atoms with Crippen LogP contribution in [0.3, 0.4) is 0 Å². The molecule has 0 spiro atoms. The number of carbonyl (C=O) groups is 4. The van der Waals surface area contributed by atoms with Gasteiger partial charge in [-0.1, -0.05) is 6.42 Å². The van der Waals surface area contributed by atoms with Crippen LogP contribution >= 0.6 is 11.8 Å². The van der Waals surface area contributed by atoms with Crippen molar-refractivity contribution in [3.63, 3.8) is 0 Å². The quantitative estimate of drug-likeness (QED) is 0.464. The van der Waals surface area contributed by atoms with E-state index in [0.717, 1.165) is 0 Å². The zero-order chi connectivity index (χ0) is 21.2. The van der Waals surface area contributed by atoms with Crippen LogP contribution in [0.15, 0.2) is 4.99 Å². The maximum atomic E-state index is 12.3. The Balaban J connectivity index is 1.39. The second-order valence-corrected chi connectivity index (χ2v) is 8.11. The van der Waals surface area contributed by atoms with Gasteiger partial charge in [-0.05, 0) is 12.8 Å². The molecule has 0 saturated carbocycles. The highest BCUT2D eigenvalue weighted by atomic mass is 32.2. The van der Waals surface area contributed by atoms with Gasteiger partial charge in [0.1, 0.15) is 0 Å². The fourth-order valence-electron chi connectivity index (χ4n) is 3.27. The van der Waals surface area contributed by atoms with Gasteiger partial charge in [-0.2, -0.15) is 24.9 Å². The first-order chi connectivity index (χ1) is 13.6. The summed E-state index contributed by atoms with van der Waals surface area (Å²) in [7, 11) is 0. The van der Waals surface area contributed by atoms with Gasteiger partial charge in [-0.3, -0.25) is 19.7 Å². The predicted octanol–water partition coefficient (Wildman–Crippen LogP) is 0.644. The SMILES string of the molecule is O=C(CCCCC1SCC2NC(NC(=O)C(F)(F)F)=NC21)ON1C(=O)CCC1=O. The summed E-state index contributed by atoms with van der Waals surface area (Å²) in [4.78, 5) is 54.5. The third kappa shape index (κ3) is 5.19. The van der Waals surface area contributed by atoms with Gasteiger partial charge in [0, 0.05) is 30.3 Å². The number of hydrogen-bond donors (Lipinski definition) is 2. The lowest BCUT2D eigenvalue weighted by atomic mass is 10.0. The normalized spacial score (nSPS) is 26.2. The van der Waals surface area contributed by atoms with Gasteiger partial charge < -0.3 is 10.2 Å². The number of fused-ring (bicyclic) bond motifs is 1. The van der Waals surface area contributed by atoms with E-state index < -0.39 is 29.9 Å². The van der Waals surface area contributed by atoms with Crippen LogP contribution in [0.5, 0.6) is 0 Å². The van der Waals surface area contributed by atoms with E-state index >= 15 is 0 Å². The van der Waals surface area contributed by atoms with E-state index in [4.69, 9.17) is 4.84 Å². The first-order valence-corrected chi connectivity index (χ1v) is 10.1. The number of guanidine groups is 1. The van der Waals surface area contributed by atoms with Crippen LogP contribution in [0.2, 0.25) is 0 Å². The summed E-state index contributed by atoms with van der Waals surface area (Å²) in [6, 6.07) is -0.402. The molecule has 0 aromatic heterocycles. The summed E-state index contributed by atoms with van der Waals surface area (Å²) < 4.78 is 37.0. The van der Waals surface area contributed by atoms with Gasteiger partial charge in [0.05, 0.1) is 12.1 Å². The minimum atomic E-state index is -4.98. The first kappa shape index (κ1) is 21.4. The third-order valence-corrected chi connectivity index (χ3v) is 6.19. The van der Waals surface area contributed by atoms with Crippen molar-refractivity contribution < 1.29 is 37.2 Å². The second kappa shape index (κ2) is 8.59. The minimum absolute atomic E-state index is 0.0353. The molecule has 3 unspecified atom stereocenters. The van der Waals surface area contributed by atoms with Gasteiger partial charge in [-0.25, -0.2) is 9.79 Å². The maximum Gasteiger partial charge on any atom is 0.471 e. The number of hydrogen-bond acceptors (Lipinski definition) is 8. The molecule has 0 aliphatic carbocycles. The molecule has 3 aliphatic heterocycles. The van der Waals surface area contributed by atoms with Crippen LogP contribution in [-0.4, -0.2) is 64.0 Å². The van der Waals surface area contributed by atoms with Crippen molar-refractivity contribution in [1.29, 1.82) is 0 Å². The summed E-state index contributed by atoms with van der Waals surface area (Å²) in [6.45, 7) is 0. The van der Waals surface area contributed by atoms with Crippen molar-refractivity contribution in [1.82, 2.24) is 15.7 Å². The summed E-state index contributed by atoms with van der Waals surface area (Å²) in [5, 5.41) is 5.09. The zero-order valence-corrected chi connectivity index (χ0v) is 16.0. The number of aliphatic imine (C=N–C) groups is 1. The molecule has 2 saturated heterocycles. The second-order valence-electron chi connectivity index (χ2n) is 6.83. The van der Waals surface area contributed by atoms with Gasteiger partial charge >= 0.3 is 18.1 Å². The molecule has 3 amide bonds. The minimum Gasteiger partial charge on any atom is -0.350 e. The third-order valence-electron chi connectivity index (χ3n) is 4.69. The van der Waals surface area contributed by atoms with Crippen molar-refractivity contribution in [2.45, 2.75) is 62.0 Å². The van der Waals surface area contributed by atoms with Gasteiger partial charge in [0.25, 0.3) is 11.8 Å². The average Bonchev–Trinajstić information content (AvgIpc) is 3.29. The molecule has 3 aliphatic rings. The number of carbonyl (C=O) groups excluding carboxylic acids is 4. The van der Waals surface area contributed by atoms with Gasteiger partial charge in [0.2, 0.25) is 0 Å². The predicted molar refractivity (Wildman–Crippen MR) is 94.2 cm³/mol. The largest absolute Gasteiger partial charge is 0.471 e. The van der Waals surface area contributed by atoms with E-state index in [1.54, 1.807) is 17.1 Å². The van der Waals surface area contributed by atoms with E-state index in [0.29, 0.717) is 30.1 Å². The van der Waals surface area contributed by atoms with Crippen molar-refractivity contribution >= 4 is 41.4 Å². The molecule has 2 fully saturated rings. The topological polar surface area (TPSA) is 117 Å². The molecule has 13 heteroatoms. The molecule has 0 radical (unpaired) electrons. The lowest BCUT2D eigenvalue weighted by Gasteiger charge is -2.15. The molecule has 160 valence electrons. The molecule has 0 bridgehead atoms. The van der Waals surface area contributed by atoms with E-state index in [2.05, 4.69) is 10.3 Å². The fraction of sp³-hybridized carbons (Fsp3) is 0.688.